The minimum Gasteiger partial charge on any atom is -0.468 e. The van der Waals surface area contributed by atoms with E-state index in [2.05, 4.69) is 23.0 Å². The zero-order valence-electron chi connectivity index (χ0n) is 7.79. The molecule has 0 spiro atoms. The number of ether oxygens (including phenoxy) is 1. The Labute approximate surface area is 81.7 Å². The van der Waals surface area contributed by atoms with Gasteiger partial charge in [0.2, 0.25) is 0 Å². The summed E-state index contributed by atoms with van der Waals surface area (Å²) in [5.74, 6) is -0.228. The summed E-state index contributed by atoms with van der Waals surface area (Å²) in [6.45, 7) is 3.07. The number of hydrogen-bond donors (Lipinski definition) is 1. The molecule has 4 heteroatoms. The first kappa shape index (κ1) is 10.2. The van der Waals surface area contributed by atoms with E-state index in [4.69, 9.17) is 0 Å². The lowest BCUT2D eigenvalue weighted by Gasteiger charge is -2.01. The second-order valence-electron chi connectivity index (χ2n) is 2.71. The molecule has 1 heterocycles. The van der Waals surface area contributed by atoms with Gasteiger partial charge in [-0.2, -0.15) is 0 Å². The van der Waals surface area contributed by atoms with Gasteiger partial charge >= 0.3 is 5.97 Å². The highest BCUT2D eigenvalue weighted by Crippen LogP contribution is 2.14. The smallest absolute Gasteiger partial charge is 0.319 e. The number of thiophene rings is 1. The molecule has 0 saturated carbocycles. The number of hydrogen-bond acceptors (Lipinski definition) is 4. The van der Waals surface area contributed by atoms with Crippen LogP contribution in [0.25, 0.3) is 0 Å². The Morgan fingerprint density at radius 3 is 3.00 bits per heavy atom. The number of methoxy groups -OCH3 is 1. The van der Waals surface area contributed by atoms with Crippen molar-refractivity contribution in [1.82, 2.24) is 5.32 Å². The zero-order valence-corrected chi connectivity index (χ0v) is 8.61. The van der Waals surface area contributed by atoms with Gasteiger partial charge in [-0.3, -0.25) is 4.79 Å². The predicted molar refractivity (Wildman–Crippen MR) is 52.8 cm³/mol. The Morgan fingerprint density at radius 2 is 2.46 bits per heavy atom. The maximum atomic E-state index is 10.7. The molecule has 0 atom stereocenters. The van der Waals surface area contributed by atoms with Crippen molar-refractivity contribution in [2.75, 3.05) is 13.7 Å². The lowest BCUT2D eigenvalue weighted by atomic mass is 10.3. The molecule has 1 aromatic rings. The third kappa shape index (κ3) is 3.16. The van der Waals surface area contributed by atoms with E-state index < -0.39 is 0 Å². The summed E-state index contributed by atoms with van der Waals surface area (Å²) in [5, 5.41) is 5.06. The SMILES string of the molecule is COC(=O)CNCc1sccc1C. The molecule has 0 amide bonds. The van der Waals surface area contributed by atoms with Crippen LogP contribution in [0.4, 0.5) is 0 Å². The standard InChI is InChI=1S/C9H13NO2S/c1-7-3-4-13-8(7)5-10-6-9(11)12-2/h3-4,10H,5-6H2,1-2H3. The van der Waals surface area contributed by atoms with Crippen molar-refractivity contribution in [3.8, 4) is 0 Å². The van der Waals surface area contributed by atoms with Gasteiger partial charge in [0.05, 0.1) is 13.7 Å². The van der Waals surface area contributed by atoms with Gasteiger partial charge in [0.1, 0.15) is 0 Å². The van der Waals surface area contributed by atoms with Gasteiger partial charge in [0.25, 0.3) is 0 Å². The second kappa shape index (κ2) is 4.99. The van der Waals surface area contributed by atoms with Crippen LogP contribution < -0.4 is 5.32 Å². The average molecular weight is 199 g/mol. The summed E-state index contributed by atoms with van der Waals surface area (Å²) in [6.07, 6.45) is 0. The maximum absolute atomic E-state index is 10.7. The summed E-state index contributed by atoms with van der Waals surface area (Å²) < 4.78 is 4.50. The first-order chi connectivity index (χ1) is 6.24. The summed E-state index contributed by atoms with van der Waals surface area (Å²) in [4.78, 5) is 12.0. The van der Waals surface area contributed by atoms with E-state index in [-0.39, 0.29) is 12.5 Å². The van der Waals surface area contributed by atoms with Gasteiger partial charge in [-0.15, -0.1) is 11.3 Å². The molecule has 72 valence electrons. The molecule has 0 aliphatic carbocycles. The fourth-order valence-corrected chi connectivity index (χ4v) is 1.81. The average Bonchev–Trinajstić information content (AvgIpc) is 2.52. The summed E-state index contributed by atoms with van der Waals surface area (Å²) in [6, 6.07) is 2.07. The van der Waals surface area contributed by atoms with Crippen LogP contribution >= 0.6 is 11.3 Å². The van der Waals surface area contributed by atoms with Crippen molar-refractivity contribution in [2.24, 2.45) is 0 Å². The molecule has 0 aliphatic heterocycles. The number of carbonyl (C=O) groups excluding carboxylic acids is 1. The molecular weight excluding hydrogens is 186 g/mol. The molecular formula is C9H13NO2S. The number of carbonyl (C=O) groups is 1. The molecule has 1 rings (SSSR count). The first-order valence-electron chi connectivity index (χ1n) is 4.04. The van der Waals surface area contributed by atoms with Crippen LogP contribution in [0.1, 0.15) is 10.4 Å². The Bertz CT molecular complexity index is 283. The van der Waals surface area contributed by atoms with Gasteiger partial charge in [-0.25, -0.2) is 0 Å². The van der Waals surface area contributed by atoms with Crippen LogP contribution in [-0.4, -0.2) is 19.6 Å². The third-order valence-corrected chi connectivity index (χ3v) is 2.77. The maximum Gasteiger partial charge on any atom is 0.319 e. The highest BCUT2D eigenvalue weighted by Gasteiger charge is 2.01. The monoisotopic (exact) mass is 199 g/mol. The van der Waals surface area contributed by atoms with Crippen molar-refractivity contribution >= 4 is 17.3 Å². The molecule has 1 N–H and O–H groups in total. The van der Waals surface area contributed by atoms with Crippen LogP contribution in [0.15, 0.2) is 11.4 Å². The van der Waals surface area contributed by atoms with Crippen LogP contribution in [0, 0.1) is 6.92 Å². The second-order valence-corrected chi connectivity index (χ2v) is 3.71. The van der Waals surface area contributed by atoms with E-state index in [1.807, 2.05) is 5.38 Å². The topological polar surface area (TPSA) is 38.3 Å². The fourth-order valence-electron chi connectivity index (χ4n) is 0.935. The molecule has 1 aromatic heterocycles. The van der Waals surface area contributed by atoms with Crippen LogP contribution in [0.3, 0.4) is 0 Å². The van der Waals surface area contributed by atoms with Gasteiger partial charge in [-0.05, 0) is 23.9 Å². The highest BCUT2D eigenvalue weighted by molar-refractivity contribution is 7.10. The Kier molecular flexibility index (Phi) is 3.92. The Morgan fingerprint density at radius 1 is 1.69 bits per heavy atom. The van der Waals surface area contributed by atoms with E-state index in [1.54, 1.807) is 11.3 Å². The molecule has 0 fully saturated rings. The van der Waals surface area contributed by atoms with Gasteiger partial charge in [0, 0.05) is 11.4 Å². The molecule has 0 saturated heterocycles. The number of aryl methyl sites for hydroxylation is 1. The number of nitrogens with one attached hydrogen (secondary N) is 1. The van der Waals surface area contributed by atoms with Crippen molar-refractivity contribution < 1.29 is 9.53 Å². The highest BCUT2D eigenvalue weighted by atomic mass is 32.1. The molecule has 0 aromatic carbocycles. The fraction of sp³-hybridized carbons (Fsp3) is 0.444. The molecule has 0 radical (unpaired) electrons. The lowest BCUT2D eigenvalue weighted by molar-refractivity contribution is -0.139. The lowest BCUT2D eigenvalue weighted by Crippen LogP contribution is -2.23. The van der Waals surface area contributed by atoms with E-state index in [1.165, 1.54) is 17.6 Å². The zero-order chi connectivity index (χ0) is 9.68. The molecule has 13 heavy (non-hydrogen) atoms. The third-order valence-electron chi connectivity index (χ3n) is 1.75. The quantitative estimate of drug-likeness (QED) is 0.743. The summed E-state index contributed by atoms with van der Waals surface area (Å²) in [5.41, 5.74) is 1.27. The van der Waals surface area contributed by atoms with E-state index in [0.29, 0.717) is 0 Å². The normalized spacial score (nSPS) is 10.0. The van der Waals surface area contributed by atoms with Crippen LogP contribution in [-0.2, 0) is 16.1 Å². The molecule has 0 unspecified atom stereocenters. The summed E-state index contributed by atoms with van der Waals surface area (Å²) >= 11 is 1.69. The summed E-state index contributed by atoms with van der Waals surface area (Å²) in [7, 11) is 1.39. The van der Waals surface area contributed by atoms with Crippen LogP contribution in [0.2, 0.25) is 0 Å². The van der Waals surface area contributed by atoms with Crippen LogP contribution in [0.5, 0.6) is 0 Å². The Balaban J connectivity index is 2.28. The van der Waals surface area contributed by atoms with Gasteiger partial charge in [0.15, 0.2) is 0 Å². The minimum absolute atomic E-state index is 0.228. The molecule has 3 nitrogen and oxygen atoms in total. The largest absolute Gasteiger partial charge is 0.468 e. The van der Waals surface area contributed by atoms with Crippen molar-refractivity contribution in [3.63, 3.8) is 0 Å². The number of rotatable bonds is 4. The van der Waals surface area contributed by atoms with Crippen molar-refractivity contribution in [3.05, 3.63) is 21.9 Å². The minimum atomic E-state index is -0.228. The van der Waals surface area contributed by atoms with E-state index in [9.17, 15) is 4.79 Å². The predicted octanol–water partition coefficient (Wildman–Crippen LogP) is 1.32. The van der Waals surface area contributed by atoms with Gasteiger partial charge < -0.3 is 10.1 Å². The van der Waals surface area contributed by atoms with Gasteiger partial charge in [-0.1, -0.05) is 0 Å². The van der Waals surface area contributed by atoms with Crippen molar-refractivity contribution in [2.45, 2.75) is 13.5 Å². The van der Waals surface area contributed by atoms with E-state index in [0.717, 1.165) is 6.54 Å². The van der Waals surface area contributed by atoms with Crippen molar-refractivity contribution in [1.29, 1.82) is 0 Å². The van der Waals surface area contributed by atoms with E-state index >= 15 is 0 Å². The number of esters is 1. The molecule has 0 aliphatic rings. The molecule has 0 bridgehead atoms. The first-order valence-corrected chi connectivity index (χ1v) is 4.92. The Hall–Kier alpha value is -0.870.